The summed E-state index contributed by atoms with van der Waals surface area (Å²) in [6.45, 7) is 16.4. The SMILES string of the molecule is C#CONC(C)[C@@H](C)C(=O)OC1CC2(O)C(OC(=O)c3ccccc3)C3C4(O)COC4CC(C)(C)[C@@]3(C)C(=O)[C@H](C)C(=C1C)C2(C)C.[Ac]. The molecule has 1 aromatic carbocycles. The summed E-state index contributed by atoms with van der Waals surface area (Å²) >= 11 is 0. The molecule has 5 rings (SSSR count). The van der Waals surface area contributed by atoms with E-state index in [1.165, 1.54) is 0 Å². The molecule has 0 amide bonds. The van der Waals surface area contributed by atoms with Gasteiger partial charge in [-0.15, -0.1) is 5.48 Å². The second-order valence-corrected chi connectivity index (χ2v) is 15.5. The third kappa shape index (κ3) is 5.71. The van der Waals surface area contributed by atoms with Gasteiger partial charge < -0.3 is 29.3 Å². The molecule has 1 saturated heterocycles. The van der Waals surface area contributed by atoms with Crippen molar-refractivity contribution in [2.24, 2.45) is 34.0 Å². The van der Waals surface area contributed by atoms with E-state index >= 15 is 4.79 Å². The predicted octanol–water partition coefficient (Wildman–Crippen LogP) is 4.14. The van der Waals surface area contributed by atoms with Gasteiger partial charge in [0.05, 0.1) is 30.2 Å². The molecule has 3 N–H and O–H groups in total. The summed E-state index contributed by atoms with van der Waals surface area (Å²) in [5.41, 5.74) is -2.44. The van der Waals surface area contributed by atoms with Crippen molar-refractivity contribution in [3.63, 3.8) is 0 Å². The summed E-state index contributed by atoms with van der Waals surface area (Å²) in [5, 5.41) is 25.7. The smallest absolute Gasteiger partial charge is 0.338 e. The van der Waals surface area contributed by atoms with E-state index in [1.807, 2.05) is 54.6 Å². The van der Waals surface area contributed by atoms with Crippen LogP contribution in [0.3, 0.4) is 0 Å². The molecule has 48 heavy (non-hydrogen) atoms. The molecule has 1 radical (unpaired) electrons. The fraction of sp³-hybridized carbons (Fsp3) is 0.649. The molecule has 2 saturated carbocycles. The number of aliphatic hydroxyl groups is 2. The summed E-state index contributed by atoms with van der Waals surface area (Å²) < 4.78 is 18.5. The number of fused-ring (bicyclic) bond motifs is 5. The Balaban J connectivity index is 0.00000520. The van der Waals surface area contributed by atoms with Crippen molar-refractivity contribution in [2.45, 2.75) is 111 Å². The third-order valence-corrected chi connectivity index (χ3v) is 12.5. The number of hydroxylamine groups is 1. The molecule has 10 nitrogen and oxygen atoms in total. The van der Waals surface area contributed by atoms with Gasteiger partial charge in [0.1, 0.15) is 35.3 Å². The maximum absolute atomic E-state index is 15.1. The molecule has 0 aromatic heterocycles. The van der Waals surface area contributed by atoms with Crippen LogP contribution < -0.4 is 5.48 Å². The molecule has 3 aliphatic carbocycles. The van der Waals surface area contributed by atoms with E-state index in [-0.39, 0.29) is 68.4 Å². The van der Waals surface area contributed by atoms with E-state index in [0.29, 0.717) is 17.6 Å². The summed E-state index contributed by atoms with van der Waals surface area (Å²) in [7, 11) is 0. The van der Waals surface area contributed by atoms with Gasteiger partial charge in [0.25, 0.3) is 0 Å². The van der Waals surface area contributed by atoms with Gasteiger partial charge >= 0.3 is 11.9 Å². The van der Waals surface area contributed by atoms with Crippen LogP contribution in [0.1, 0.15) is 85.5 Å². The molecule has 7 unspecified atom stereocenters. The topological polar surface area (TPSA) is 141 Å². The number of esters is 2. The molecule has 1 heterocycles. The van der Waals surface area contributed by atoms with Crippen molar-refractivity contribution < 1.29 is 87.7 Å². The van der Waals surface area contributed by atoms with Crippen molar-refractivity contribution in [1.29, 1.82) is 0 Å². The van der Waals surface area contributed by atoms with Crippen molar-refractivity contribution >= 4 is 17.7 Å². The van der Waals surface area contributed by atoms with Crippen LogP contribution in [-0.2, 0) is 28.6 Å². The minimum absolute atomic E-state index is 0. The number of carbonyl (C=O) groups excluding carboxylic acids is 3. The third-order valence-electron chi connectivity index (χ3n) is 12.5. The zero-order valence-corrected chi connectivity index (χ0v) is 34.2. The van der Waals surface area contributed by atoms with Crippen molar-refractivity contribution in [1.82, 2.24) is 5.48 Å². The number of Topliss-reactive ketones (excluding diaryl/α,β-unsaturated/α-hetero) is 1. The van der Waals surface area contributed by atoms with Crippen LogP contribution in [0, 0.1) is 90.6 Å². The maximum Gasteiger partial charge on any atom is 0.338 e. The fourth-order valence-corrected chi connectivity index (χ4v) is 9.08. The van der Waals surface area contributed by atoms with Crippen molar-refractivity contribution in [3.8, 4) is 12.5 Å². The van der Waals surface area contributed by atoms with Gasteiger partial charge in [0, 0.05) is 73.1 Å². The Bertz CT molecular complexity index is 1520. The molecule has 0 spiro atoms. The van der Waals surface area contributed by atoms with Gasteiger partial charge in [0.15, 0.2) is 0 Å². The Kier molecular flexibility index (Phi) is 10.9. The first-order valence-electron chi connectivity index (χ1n) is 16.4. The number of carbonyl (C=O) groups is 3. The second kappa shape index (κ2) is 13.4. The average molecular weight is 879 g/mol. The Labute approximate surface area is 319 Å². The van der Waals surface area contributed by atoms with E-state index in [1.54, 1.807) is 44.2 Å². The van der Waals surface area contributed by atoms with Gasteiger partial charge in [-0.25, -0.2) is 4.79 Å². The molecule has 2 bridgehead atoms. The molecule has 11 heteroatoms. The molecular weight excluding hydrogens is 829 g/mol. The van der Waals surface area contributed by atoms with Crippen LogP contribution in [0.15, 0.2) is 41.5 Å². The van der Waals surface area contributed by atoms with Gasteiger partial charge in [-0.2, -0.15) is 0 Å². The Hall–Kier alpha value is -1.79. The molecule has 4 aliphatic rings. The van der Waals surface area contributed by atoms with E-state index < -0.39 is 81.5 Å². The van der Waals surface area contributed by atoms with Crippen LogP contribution in [0.4, 0.5) is 0 Å². The van der Waals surface area contributed by atoms with E-state index in [0.717, 1.165) is 0 Å². The second-order valence-electron chi connectivity index (χ2n) is 15.5. The minimum atomic E-state index is -1.90. The number of nitrogens with one attached hydrogen (secondary N) is 1. The van der Waals surface area contributed by atoms with Crippen LogP contribution in [0.25, 0.3) is 0 Å². The molecule has 1 aliphatic heterocycles. The first kappa shape index (κ1) is 39.0. The summed E-state index contributed by atoms with van der Waals surface area (Å²) in [4.78, 5) is 47.4. The van der Waals surface area contributed by atoms with Gasteiger partial charge in [0.2, 0.25) is 0 Å². The Morgan fingerprint density at radius 3 is 2.25 bits per heavy atom. The number of benzene rings is 1. The zero-order chi connectivity index (χ0) is 34.9. The van der Waals surface area contributed by atoms with Crippen molar-refractivity contribution in [3.05, 3.63) is 47.0 Å². The van der Waals surface area contributed by atoms with E-state index in [4.69, 9.17) is 25.5 Å². The molecule has 1 aromatic rings. The summed E-state index contributed by atoms with van der Waals surface area (Å²) in [6.07, 6.45) is 4.48. The van der Waals surface area contributed by atoms with Crippen LogP contribution in [-0.4, -0.2) is 70.1 Å². The quantitative estimate of drug-likeness (QED) is 0.159. The number of terminal acetylenes is 1. The standard InChI is InChI=1S/C37H49NO9.Ac/c1-11-45-38-23(5)20(2)31(40)46-25-17-37(43)30(47-32(41)24-15-13-12-14-16-24)28-35(10,33(6,7)18-26-36(28,42)19-44-26)29(39)22(4)27(21(25)3)34(37,8)9;/h1,12-16,20,22-23,25-26,28,30,38,42-43H,17-19H2,2-10H3;/t20-,22-,23?,25?,26?,28?,30?,35-,36?,37?;/m1./s1. The molecular formula is C37H49AcNO9. The number of hydrogen-bond acceptors (Lipinski definition) is 10. The maximum atomic E-state index is 15.1. The first-order chi connectivity index (χ1) is 21.8. The Morgan fingerprint density at radius 1 is 1.06 bits per heavy atom. The normalized spacial score (nSPS) is 37.4. The zero-order valence-electron chi connectivity index (χ0n) is 29.5. The van der Waals surface area contributed by atoms with Gasteiger partial charge in [-0.3, -0.25) is 9.59 Å². The molecule has 10 atom stereocenters. The minimum Gasteiger partial charge on any atom is -0.457 e. The van der Waals surface area contributed by atoms with Crippen molar-refractivity contribution in [2.75, 3.05) is 6.61 Å². The monoisotopic (exact) mass is 878 g/mol. The average Bonchev–Trinajstić information content (AvgIpc) is 3.02. The van der Waals surface area contributed by atoms with Crippen LogP contribution in [0.5, 0.6) is 0 Å². The van der Waals surface area contributed by atoms with E-state index in [2.05, 4.69) is 5.48 Å². The predicted molar refractivity (Wildman–Crippen MR) is 172 cm³/mol. The summed E-state index contributed by atoms with van der Waals surface area (Å²) in [6, 6.07) is 7.92. The van der Waals surface area contributed by atoms with Gasteiger partial charge in [-0.05, 0) is 49.0 Å². The fourth-order valence-electron chi connectivity index (χ4n) is 9.08. The summed E-state index contributed by atoms with van der Waals surface area (Å²) in [5.74, 6) is -3.88. The largest absolute Gasteiger partial charge is 0.457 e. The van der Waals surface area contributed by atoms with Crippen LogP contribution in [0.2, 0.25) is 0 Å². The number of rotatable bonds is 7. The number of ketones is 1. The first-order valence-corrected chi connectivity index (χ1v) is 16.4. The Morgan fingerprint density at radius 2 is 1.69 bits per heavy atom. The molecule has 3 fully saturated rings. The molecule has 259 valence electrons. The van der Waals surface area contributed by atoms with E-state index in [9.17, 15) is 19.8 Å². The van der Waals surface area contributed by atoms with Gasteiger partial charge in [-0.1, -0.05) is 73.1 Å². The van der Waals surface area contributed by atoms with Crippen LogP contribution >= 0.6 is 0 Å². The number of ether oxygens (including phenoxy) is 3. The number of hydrogen-bond donors (Lipinski definition) is 3.